The summed E-state index contributed by atoms with van der Waals surface area (Å²) in [6.45, 7) is 3.68. The van der Waals surface area contributed by atoms with Gasteiger partial charge in [-0.3, -0.25) is 0 Å². The average molecular weight is 335 g/mol. The number of benzene rings is 1. The molecule has 2 aromatic heterocycles. The van der Waals surface area contributed by atoms with Gasteiger partial charge in [0.2, 0.25) is 0 Å². The standard InChI is InChI=1S/C19H17N3OS/c1-13-10-22(11-19(23-13)14-6-7-24-12-14)18-8-15(9-20)21-17-5-3-2-4-16(17)18/h2-8,12-13,19H,10-11H2,1H3. The van der Waals surface area contributed by atoms with Gasteiger partial charge in [0.05, 0.1) is 11.6 Å². The second-order valence-electron chi connectivity index (χ2n) is 6.05. The van der Waals surface area contributed by atoms with Gasteiger partial charge in [-0.05, 0) is 41.4 Å². The zero-order chi connectivity index (χ0) is 16.5. The molecule has 0 amide bonds. The van der Waals surface area contributed by atoms with Crippen molar-refractivity contribution >= 4 is 27.9 Å². The number of fused-ring (bicyclic) bond motifs is 1. The maximum Gasteiger partial charge on any atom is 0.143 e. The van der Waals surface area contributed by atoms with Gasteiger partial charge in [-0.25, -0.2) is 4.98 Å². The van der Waals surface area contributed by atoms with Crippen LogP contribution in [0.25, 0.3) is 10.9 Å². The van der Waals surface area contributed by atoms with Crippen LogP contribution in [0.3, 0.4) is 0 Å². The highest BCUT2D eigenvalue weighted by Crippen LogP contribution is 2.33. The predicted octanol–water partition coefficient (Wildman–Crippen LogP) is 4.13. The fourth-order valence-corrected chi connectivity index (χ4v) is 3.97. The number of pyridine rings is 1. The first-order chi connectivity index (χ1) is 11.7. The van der Waals surface area contributed by atoms with E-state index in [0.717, 1.165) is 29.7 Å². The van der Waals surface area contributed by atoms with Crippen LogP contribution in [0.1, 0.15) is 24.3 Å². The van der Waals surface area contributed by atoms with Crippen molar-refractivity contribution in [3.8, 4) is 6.07 Å². The van der Waals surface area contributed by atoms with E-state index in [2.05, 4.69) is 45.8 Å². The summed E-state index contributed by atoms with van der Waals surface area (Å²) in [5.74, 6) is 0. The Morgan fingerprint density at radius 3 is 2.96 bits per heavy atom. The summed E-state index contributed by atoms with van der Waals surface area (Å²) in [4.78, 5) is 6.74. The molecule has 24 heavy (non-hydrogen) atoms. The fourth-order valence-electron chi connectivity index (χ4n) is 3.27. The number of thiophene rings is 1. The highest BCUT2D eigenvalue weighted by atomic mass is 32.1. The van der Waals surface area contributed by atoms with E-state index in [4.69, 9.17) is 4.74 Å². The van der Waals surface area contributed by atoms with Crippen LogP contribution in [0.15, 0.2) is 47.2 Å². The lowest BCUT2D eigenvalue weighted by molar-refractivity contribution is -0.0170. The Bertz CT molecular complexity index is 901. The van der Waals surface area contributed by atoms with Gasteiger partial charge in [0.1, 0.15) is 17.9 Å². The minimum atomic E-state index is 0.0532. The van der Waals surface area contributed by atoms with Gasteiger partial charge in [0, 0.05) is 24.2 Å². The van der Waals surface area contributed by atoms with E-state index >= 15 is 0 Å². The molecule has 0 bridgehead atoms. The average Bonchev–Trinajstić information content (AvgIpc) is 3.15. The van der Waals surface area contributed by atoms with Crippen molar-refractivity contribution in [2.24, 2.45) is 0 Å². The molecule has 5 heteroatoms. The Morgan fingerprint density at radius 2 is 2.17 bits per heavy atom. The zero-order valence-corrected chi connectivity index (χ0v) is 14.2. The van der Waals surface area contributed by atoms with Gasteiger partial charge in [-0.1, -0.05) is 18.2 Å². The normalized spacial score (nSPS) is 20.9. The van der Waals surface area contributed by atoms with Gasteiger partial charge in [-0.2, -0.15) is 16.6 Å². The molecule has 1 saturated heterocycles. The van der Waals surface area contributed by atoms with Crippen molar-refractivity contribution < 1.29 is 4.74 Å². The molecule has 0 saturated carbocycles. The SMILES string of the molecule is CC1CN(c2cc(C#N)nc3ccccc23)CC(c2ccsc2)O1. The number of aromatic nitrogens is 1. The molecule has 1 aromatic carbocycles. The van der Waals surface area contributed by atoms with Gasteiger partial charge in [-0.15, -0.1) is 0 Å². The maximum atomic E-state index is 9.32. The summed E-state index contributed by atoms with van der Waals surface area (Å²) in [5, 5.41) is 14.6. The molecule has 2 unspecified atom stereocenters. The van der Waals surface area contributed by atoms with Gasteiger partial charge in [0.15, 0.2) is 0 Å². The van der Waals surface area contributed by atoms with Crippen LogP contribution in [0, 0.1) is 11.3 Å². The number of para-hydroxylation sites is 1. The number of hydrogen-bond acceptors (Lipinski definition) is 5. The fraction of sp³-hybridized carbons (Fsp3) is 0.263. The smallest absolute Gasteiger partial charge is 0.143 e. The molecule has 1 aliphatic rings. The Hall–Kier alpha value is -2.42. The lowest BCUT2D eigenvalue weighted by atomic mass is 10.1. The Balaban J connectivity index is 1.77. The molecule has 4 nitrogen and oxygen atoms in total. The molecule has 0 spiro atoms. The molecular weight excluding hydrogens is 318 g/mol. The molecule has 4 rings (SSSR count). The Labute approximate surface area is 144 Å². The first-order valence-corrected chi connectivity index (χ1v) is 8.91. The molecule has 120 valence electrons. The molecule has 1 fully saturated rings. The summed E-state index contributed by atoms with van der Waals surface area (Å²) in [6, 6.07) is 14.2. The number of nitriles is 1. The second-order valence-corrected chi connectivity index (χ2v) is 6.83. The first kappa shape index (κ1) is 15.1. The Morgan fingerprint density at radius 1 is 1.29 bits per heavy atom. The van der Waals surface area contributed by atoms with E-state index in [1.165, 1.54) is 5.56 Å². The zero-order valence-electron chi connectivity index (χ0n) is 13.3. The summed E-state index contributed by atoms with van der Waals surface area (Å²) in [5.41, 5.74) is 3.59. The largest absolute Gasteiger partial charge is 0.367 e. The number of rotatable bonds is 2. The van der Waals surface area contributed by atoms with Crippen LogP contribution < -0.4 is 4.90 Å². The monoisotopic (exact) mass is 335 g/mol. The quantitative estimate of drug-likeness (QED) is 0.706. The number of morpholine rings is 1. The maximum absolute atomic E-state index is 9.32. The van der Waals surface area contributed by atoms with E-state index in [9.17, 15) is 5.26 Å². The van der Waals surface area contributed by atoms with Gasteiger partial charge in [0.25, 0.3) is 0 Å². The third-order valence-corrected chi connectivity index (χ3v) is 5.03. The topological polar surface area (TPSA) is 49.2 Å². The lowest BCUT2D eigenvalue weighted by Crippen LogP contribution is -2.43. The van der Waals surface area contributed by atoms with Crippen molar-refractivity contribution in [2.75, 3.05) is 18.0 Å². The highest BCUT2D eigenvalue weighted by molar-refractivity contribution is 7.07. The second kappa shape index (κ2) is 6.23. The third kappa shape index (κ3) is 2.75. The van der Waals surface area contributed by atoms with Crippen molar-refractivity contribution in [1.29, 1.82) is 5.26 Å². The molecule has 0 aliphatic carbocycles. The molecule has 1 aliphatic heterocycles. The molecular formula is C19H17N3OS. The molecule has 2 atom stereocenters. The third-order valence-electron chi connectivity index (χ3n) is 4.32. The summed E-state index contributed by atoms with van der Waals surface area (Å²) in [7, 11) is 0. The van der Waals surface area contributed by atoms with Crippen LogP contribution in [-0.4, -0.2) is 24.2 Å². The molecule has 0 N–H and O–H groups in total. The molecule has 0 radical (unpaired) electrons. The number of ether oxygens (including phenoxy) is 1. The highest BCUT2D eigenvalue weighted by Gasteiger charge is 2.28. The minimum absolute atomic E-state index is 0.0532. The van der Waals surface area contributed by atoms with Crippen molar-refractivity contribution in [3.63, 3.8) is 0 Å². The van der Waals surface area contributed by atoms with Crippen LogP contribution in [0.2, 0.25) is 0 Å². The minimum Gasteiger partial charge on any atom is -0.367 e. The Kier molecular flexibility index (Phi) is 3.93. The summed E-state index contributed by atoms with van der Waals surface area (Å²) < 4.78 is 6.14. The van der Waals surface area contributed by atoms with Crippen molar-refractivity contribution in [1.82, 2.24) is 4.98 Å². The van der Waals surface area contributed by atoms with E-state index in [-0.39, 0.29) is 12.2 Å². The predicted molar refractivity (Wildman–Crippen MR) is 96.3 cm³/mol. The lowest BCUT2D eigenvalue weighted by Gasteiger charge is -2.38. The van der Waals surface area contributed by atoms with Crippen LogP contribution in [0.4, 0.5) is 5.69 Å². The van der Waals surface area contributed by atoms with Gasteiger partial charge < -0.3 is 9.64 Å². The van der Waals surface area contributed by atoms with E-state index in [1.807, 2.05) is 24.3 Å². The number of anilines is 1. The first-order valence-electron chi connectivity index (χ1n) is 7.97. The van der Waals surface area contributed by atoms with Gasteiger partial charge >= 0.3 is 0 Å². The van der Waals surface area contributed by atoms with Crippen molar-refractivity contribution in [2.45, 2.75) is 19.1 Å². The van der Waals surface area contributed by atoms with Crippen LogP contribution in [0.5, 0.6) is 0 Å². The number of hydrogen-bond donors (Lipinski definition) is 0. The summed E-state index contributed by atoms with van der Waals surface area (Å²) in [6.07, 6.45) is 0.179. The van der Waals surface area contributed by atoms with Crippen molar-refractivity contribution in [3.05, 3.63) is 58.4 Å². The summed E-state index contributed by atoms with van der Waals surface area (Å²) >= 11 is 1.69. The number of nitrogens with zero attached hydrogens (tertiary/aromatic N) is 3. The molecule has 3 heterocycles. The van der Waals surface area contributed by atoms with Crippen LogP contribution >= 0.6 is 11.3 Å². The van der Waals surface area contributed by atoms with E-state index < -0.39 is 0 Å². The van der Waals surface area contributed by atoms with E-state index in [1.54, 1.807) is 11.3 Å². The van der Waals surface area contributed by atoms with Crippen LogP contribution in [-0.2, 0) is 4.74 Å². The van der Waals surface area contributed by atoms with E-state index in [0.29, 0.717) is 5.69 Å². The molecule has 3 aromatic rings.